The first-order valence-electron chi connectivity index (χ1n) is 5.77. The lowest BCUT2D eigenvalue weighted by Gasteiger charge is -2.04. The summed E-state index contributed by atoms with van der Waals surface area (Å²) in [4.78, 5) is 15.8. The van der Waals surface area contributed by atoms with E-state index < -0.39 is 0 Å². The second-order valence-electron chi connectivity index (χ2n) is 3.85. The minimum Gasteiger partial charge on any atom is -0.396 e. The number of hydrogen-bond acceptors (Lipinski definition) is 4. The molecule has 7 heteroatoms. The second kappa shape index (κ2) is 5.35. The molecule has 7 nitrogen and oxygen atoms in total. The van der Waals surface area contributed by atoms with Gasteiger partial charge in [0.05, 0.1) is 12.0 Å². The van der Waals surface area contributed by atoms with Crippen LogP contribution in [0.4, 0.5) is 5.69 Å². The van der Waals surface area contributed by atoms with Crippen molar-refractivity contribution in [2.75, 3.05) is 12.3 Å². The molecule has 2 aromatic rings. The van der Waals surface area contributed by atoms with E-state index in [2.05, 4.69) is 15.4 Å². The van der Waals surface area contributed by atoms with E-state index in [1.807, 2.05) is 17.7 Å². The standard InChI is InChI=1S/C11H16N6O/c1-2-17-7-9(12)10(15-17)11(18)14-4-6-16-5-3-13-8-16/h3,5,7-8H,2,4,6,12H2,1H3,(H,14,18). The largest absolute Gasteiger partial charge is 0.396 e. The zero-order valence-corrected chi connectivity index (χ0v) is 10.2. The van der Waals surface area contributed by atoms with Crippen LogP contribution in [0.5, 0.6) is 0 Å². The van der Waals surface area contributed by atoms with Crippen LogP contribution in [0.2, 0.25) is 0 Å². The highest BCUT2D eigenvalue weighted by molar-refractivity contribution is 5.96. The Morgan fingerprint density at radius 3 is 3.00 bits per heavy atom. The number of imidazole rings is 1. The van der Waals surface area contributed by atoms with Crippen LogP contribution in [0.15, 0.2) is 24.9 Å². The first kappa shape index (κ1) is 12.2. The van der Waals surface area contributed by atoms with E-state index >= 15 is 0 Å². The SMILES string of the molecule is CCn1cc(N)c(C(=O)NCCn2ccnc2)n1. The van der Waals surface area contributed by atoms with Gasteiger partial charge in [-0.1, -0.05) is 0 Å². The number of rotatable bonds is 5. The Hall–Kier alpha value is -2.31. The molecule has 3 N–H and O–H groups in total. The van der Waals surface area contributed by atoms with Crippen molar-refractivity contribution in [2.45, 2.75) is 20.0 Å². The zero-order valence-electron chi connectivity index (χ0n) is 10.2. The number of carbonyl (C=O) groups is 1. The lowest BCUT2D eigenvalue weighted by molar-refractivity contribution is 0.0947. The summed E-state index contributed by atoms with van der Waals surface area (Å²) in [7, 11) is 0. The van der Waals surface area contributed by atoms with Crippen LogP contribution in [-0.2, 0) is 13.1 Å². The predicted molar refractivity (Wildman–Crippen MR) is 66.9 cm³/mol. The fourth-order valence-electron chi connectivity index (χ4n) is 1.58. The van der Waals surface area contributed by atoms with E-state index in [9.17, 15) is 4.79 Å². The van der Waals surface area contributed by atoms with Crippen molar-refractivity contribution in [1.29, 1.82) is 0 Å². The van der Waals surface area contributed by atoms with E-state index in [-0.39, 0.29) is 11.6 Å². The van der Waals surface area contributed by atoms with Gasteiger partial charge in [0, 0.05) is 38.2 Å². The minimum absolute atomic E-state index is 0.250. The van der Waals surface area contributed by atoms with Gasteiger partial charge in [0.15, 0.2) is 5.69 Å². The summed E-state index contributed by atoms with van der Waals surface area (Å²) in [6.07, 6.45) is 6.89. The molecule has 2 rings (SSSR count). The highest BCUT2D eigenvalue weighted by Crippen LogP contribution is 2.08. The molecule has 0 bridgehead atoms. The molecule has 0 aromatic carbocycles. The first-order valence-corrected chi connectivity index (χ1v) is 5.77. The van der Waals surface area contributed by atoms with Gasteiger partial charge in [-0.3, -0.25) is 9.48 Å². The molecule has 0 spiro atoms. The van der Waals surface area contributed by atoms with E-state index in [4.69, 9.17) is 5.73 Å². The Morgan fingerprint density at radius 1 is 1.56 bits per heavy atom. The first-order chi connectivity index (χ1) is 8.70. The number of aryl methyl sites for hydroxylation is 1. The number of nitrogens with two attached hydrogens (primary N) is 1. The number of hydrogen-bond donors (Lipinski definition) is 2. The normalized spacial score (nSPS) is 10.5. The van der Waals surface area contributed by atoms with Crippen molar-refractivity contribution in [3.63, 3.8) is 0 Å². The van der Waals surface area contributed by atoms with Gasteiger partial charge >= 0.3 is 0 Å². The summed E-state index contributed by atoms with van der Waals surface area (Å²) in [6, 6.07) is 0. The molecular weight excluding hydrogens is 232 g/mol. The third-order valence-corrected chi connectivity index (χ3v) is 2.54. The van der Waals surface area contributed by atoms with E-state index in [0.717, 1.165) is 0 Å². The molecule has 0 saturated carbocycles. The molecule has 2 aromatic heterocycles. The van der Waals surface area contributed by atoms with Gasteiger partial charge in [-0.05, 0) is 6.92 Å². The second-order valence-corrected chi connectivity index (χ2v) is 3.85. The number of anilines is 1. The van der Waals surface area contributed by atoms with Crippen LogP contribution < -0.4 is 11.1 Å². The molecule has 18 heavy (non-hydrogen) atoms. The van der Waals surface area contributed by atoms with Crippen LogP contribution in [0.25, 0.3) is 0 Å². The average Bonchev–Trinajstić information content (AvgIpc) is 2.98. The van der Waals surface area contributed by atoms with Gasteiger partial charge in [0.2, 0.25) is 0 Å². The average molecular weight is 248 g/mol. The van der Waals surface area contributed by atoms with Gasteiger partial charge in [-0.25, -0.2) is 4.98 Å². The number of aromatic nitrogens is 4. The van der Waals surface area contributed by atoms with E-state index in [1.165, 1.54) is 0 Å². The quantitative estimate of drug-likeness (QED) is 0.785. The summed E-state index contributed by atoms with van der Waals surface area (Å²) in [5.41, 5.74) is 6.40. The Labute approximate surface area is 105 Å². The minimum atomic E-state index is -0.250. The summed E-state index contributed by atoms with van der Waals surface area (Å²) in [5.74, 6) is -0.250. The maximum Gasteiger partial charge on any atom is 0.274 e. The van der Waals surface area contributed by atoms with E-state index in [1.54, 1.807) is 23.4 Å². The van der Waals surface area contributed by atoms with Crippen LogP contribution in [0.1, 0.15) is 17.4 Å². The van der Waals surface area contributed by atoms with Crippen molar-refractivity contribution in [3.8, 4) is 0 Å². The Kier molecular flexibility index (Phi) is 3.61. The monoisotopic (exact) mass is 248 g/mol. The van der Waals surface area contributed by atoms with Crippen LogP contribution in [-0.4, -0.2) is 31.8 Å². The molecule has 1 amide bonds. The van der Waals surface area contributed by atoms with Crippen LogP contribution >= 0.6 is 0 Å². The maximum absolute atomic E-state index is 11.8. The predicted octanol–water partition coefficient (Wildman–Crippen LogP) is 0.112. The lowest BCUT2D eigenvalue weighted by Crippen LogP contribution is -2.28. The van der Waals surface area contributed by atoms with Gasteiger partial charge in [0.1, 0.15) is 0 Å². The van der Waals surface area contributed by atoms with Crippen LogP contribution in [0, 0.1) is 0 Å². The van der Waals surface area contributed by atoms with Crippen molar-refractivity contribution in [2.24, 2.45) is 0 Å². The fraction of sp³-hybridized carbons (Fsp3) is 0.364. The number of carbonyl (C=O) groups excluding carboxylic acids is 1. The Bertz CT molecular complexity index is 516. The molecule has 0 saturated heterocycles. The highest BCUT2D eigenvalue weighted by atomic mass is 16.2. The lowest BCUT2D eigenvalue weighted by atomic mass is 10.3. The van der Waals surface area contributed by atoms with Crippen molar-refractivity contribution in [3.05, 3.63) is 30.6 Å². The summed E-state index contributed by atoms with van der Waals surface area (Å²) in [5, 5.41) is 6.88. The molecule has 0 aliphatic carbocycles. The number of nitrogens with one attached hydrogen (secondary N) is 1. The topological polar surface area (TPSA) is 90.8 Å². The molecule has 96 valence electrons. The highest BCUT2D eigenvalue weighted by Gasteiger charge is 2.13. The molecule has 0 radical (unpaired) electrons. The fourth-order valence-corrected chi connectivity index (χ4v) is 1.58. The molecule has 0 unspecified atom stereocenters. The zero-order chi connectivity index (χ0) is 13.0. The third kappa shape index (κ3) is 2.68. The number of nitrogens with zero attached hydrogens (tertiary/aromatic N) is 4. The van der Waals surface area contributed by atoms with Crippen LogP contribution in [0.3, 0.4) is 0 Å². The molecule has 0 aliphatic heterocycles. The van der Waals surface area contributed by atoms with Crippen molar-refractivity contribution >= 4 is 11.6 Å². The Balaban J connectivity index is 1.89. The van der Waals surface area contributed by atoms with Gasteiger partial charge in [-0.2, -0.15) is 5.10 Å². The molecule has 0 aliphatic rings. The summed E-state index contributed by atoms with van der Waals surface area (Å²) < 4.78 is 3.52. The summed E-state index contributed by atoms with van der Waals surface area (Å²) >= 11 is 0. The van der Waals surface area contributed by atoms with Gasteiger partial charge < -0.3 is 15.6 Å². The molecule has 2 heterocycles. The number of amides is 1. The smallest absolute Gasteiger partial charge is 0.274 e. The molecule has 0 atom stereocenters. The van der Waals surface area contributed by atoms with Gasteiger partial charge in [-0.15, -0.1) is 0 Å². The van der Waals surface area contributed by atoms with Crippen molar-refractivity contribution in [1.82, 2.24) is 24.6 Å². The maximum atomic E-state index is 11.8. The molecule has 0 fully saturated rings. The van der Waals surface area contributed by atoms with E-state index in [0.29, 0.717) is 25.3 Å². The Morgan fingerprint density at radius 2 is 2.39 bits per heavy atom. The van der Waals surface area contributed by atoms with Gasteiger partial charge in [0.25, 0.3) is 5.91 Å². The van der Waals surface area contributed by atoms with Crippen molar-refractivity contribution < 1.29 is 4.79 Å². The summed E-state index contributed by atoms with van der Waals surface area (Å²) in [6.45, 7) is 3.80. The number of nitrogen functional groups attached to an aromatic ring is 1. The third-order valence-electron chi connectivity index (χ3n) is 2.54. The molecular formula is C11H16N6O.